The summed E-state index contributed by atoms with van der Waals surface area (Å²) in [7, 11) is -0.339. The van der Waals surface area contributed by atoms with Crippen LogP contribution in [0.15, 0.2) is 30.3 Å². The zero-order chi connectivity index (χ0) is 25.9. The highest BCUT2D eigenvalue weighted by atomic mass is 16.7. The van der Waals surface area contributed by atoms with Crippen LogP contribution in [0.1, 0.15) is 59.4 Å². The van der Waals surface area contributed by atoms with Crippen LogP contribution in [0.25, 0.3) is 0 Å². The number of nitrogens with two attached hydrogens (primary N) is 1. The van der Waals surface area contributed by atoms with Gasteiger partial charge >= 0.3 is 13.2 Å². The van der Waals surface area contributed by atoms with Crippen LogP contribution in [0.3, 0.4) is 0 Å². The Bertz CT molecular complexity index is 909. The molecule has 3 amide bonds. The van der Waals surface area contributed by atoms with Gasteiger partial charge in [-0.3, -0.25) is 9.59 Å². The van der Waals surface area contributed by atoms with Crippen LogP contribution in [-0.2, 0) is 30.2 Å². The minimum absolute atomic E-state index is 0.0977. The fraction of sp³-hybridized carbons (Fsp3) is 0.640. The van der Waals surface area contributed by atoms with Gasteiger partial charge in [-0.25, -0.2) is 4.79 Å². The summed E-state index contributed by atoms with van der Waals surface area (Å²) in [4.78, 5) is 36.9. The standard InChI is InChI=1S/C25H38BN3O6/c1-17(30)29-25(21(27)31)14-19(11-12-26-34-23(2,3)24(4,5)35-26)13-20(25)15-28-22(32)33-16-18-9-7-6-8-10-18/h6-10,19-20H,11-16H2,1-5H3,(H2,27,31)(H,28,32)(H,29,30). The van der Waals surface area contributed by atoms with Crippen LogP contribution < -0.4 is 16.4 Å². The first-order valence-corrected chi connectivity index (χ1v) is 12.2. The minimum Gasteiger partial charge on any atom is -0.445 e. The van der Waals surface area contributed by atoms with Gasteiger partial charge in [0, 0.05) is 19.4 Å². The van der Waals surface area contributed by atoms with Gasteiger partial charge in [-0.15, -0.1) is 0 Å². The number of alkyl carbamates (subject to hydrolysis) is 1. The van der Waals surface area contributed by atoms with E-state index < -0.39 is 28.7 Å². The highest BCUT2D eigenvalue weighted by Crippen LogP contribution is 2.44. The molecule has 3 unspecified atom stereocenters. The summed E-state index contributed by atoms with van der Waals surface area (Å²) < 4.78 is 17.5. The third-order valence-electron chi connectivity index (χ3n) is 7.58. The van der Waals surface area contributed by atoms with Gasteiger partial charge in [0.05, 0.1) is 11.2 Å². The van der Waals surface area contributed by atoms with Crippen LogP contribution in [0, 0.1) is 11.8 Å². The predicted molar refractivity (Wildman–Crippen MR) is 132 cm³/mol. The number of amides is 3. The molecule has 3 atom stereocenters. The van der Waals surface area contributed by atoms with Crippen LogP contribution in [0.5, 0.6) is 0 Å². The summed E-state index contributed by atoms with van der Waals surface area (Å²) in [6.45, 7) is 9.70. The van der Waals surface area contributed by atoms with Crippen LogP contribution in [0.4, 0.5) is 4.79 Å². The van der Waals surface area contributed by atoms with Gasteiger partial charge in [-0.2, -0.15) is 0 Å². The molecule has 192 valence electrons. The predicted octanol–water partition coefficient (Wildman–Crippen LogP) is 2.78. The Hall–Kier alpha value is -2.59. The number of benzene rings is 1. The normalized spacial score (nSPS) is 26.8. The smallest absolute Gasteiger partial charge is 0.445 e. The molecule has 4 N–H and O–H groups in total. The van der Waals surface area contributed by atoms with E-state index in [-0.39, 0.29) is 38.0 Å². The fourth-order valence-electron chi connectivity index (χ4n) is 5.05. The number of hydrogen-bond acceptors (Lipinski definition) is 6. The van der Waals surface area contributed by atoms with Crippen molar-refractivity contribution in [1.82, 2.24) is 10.6 Å². The quantitative estimate of drug-likeness (QED) is 0.460. The molecule has 1 aromatic carbocycles. The number of nitrogens with one attached hydrogen (secondary N) is 2. The maximum absolute atomic E-state index is 12.6. The third kappa shape index (κ3) is 6.35. The van der Waals surface area contributed by atoms with Crippen molar-refractivity contribution in [2.45, 2.75) is 83.5 Å². The van der Waals surface area contributed by atoms with E-state index in [1.54, 1.807) is 0 Å². The van der Waals surface area contributed by atoms with E-state index in [1.807, 2.05) is 58.0 Å². The molecular formula is C25H38BN3O6. The van der Waals surface area contributed by atoms with E-state index >= 15 is 0 Å². The van der Waals surface area contributed by atoms with E-state index in [1.165, 1.54) is 6.92 Å². The van der Waals surface area contributed by atoms with Crippen molar-refractivity contribution < 1.29 is 28.4 Å². The Morgan fingerprint density at radius 1 is 1.11 bits per heavy atom. The van der Waals surface area contributed by atoms with Crippen molar-refractivity contribution >= 4 is 25.0 Å². The van der Waals surface area contributed by atoms with E-state index in [0.29, 0.717) is 19.2 Å². The second-order valence-corrected chi connectivity index (χ2v) is 10.7. The molecule has 10 heteroatoms. The molecule has 1 aromatic rings. The summed E-state index contributed by atoms with van der Waals surface area (Å²) in [5.41, 5.74) is 4.63. The molecule has 0 radical (unpaired) electrons. The lowest BCUT2D eigenvalue weighted by molar-refractivity contribution is -0.132. The van der Waals surface area contributed by atoms with Gasteiger partial charge in [0.2, 0.25) is 11.8 Å². The first-order valence-electron chi connectivity index (χ1n) is 12.2. The number of hydrogen-bond donors (Lipinski definition) is 3. The molecule has 2 aliphatic rings. The van der Waals surface area contributed by atoms with E-state index in [9.17, 15) is 14.4 Å². The maximum atomic E-state index is 12.6. The maximum Gasteiger partial charge on any atom is 0.457 e. The van der Waals surface area contributed by atoms with Gasteiger partial charge in [-0.1, -0.05) is 36.8 Å². The van der Waals surface area contributed by atoms with E-state index in [2.05, 4.69) is 10.6 Å². The Morgan fingerprint density at radius 2 is 1.74 bits per heavy atom. The van der Waals surface area contributed by atoms with Crippen molar-refractivity contribution in [2.75, 3.05) is 6.54 Å². The van der Waals surface area contributed by atoms with Gasteiger partial charge in [0.25, 0.3) is 0 Å². The summed E-state index contributed by atoms with van der Waals surface area (Å²) in [6, 6.07) is 9.35. The van der Waals surface area contributed by atoms with Crippen molar-refractivity contribution in [1.29, 1.82) is 0 Å². The number of ether oxygens (including phenoxy) is 1. The molecule has 3 rings (SSSR count). The van der Waals surface area contributed by atoms with E-state index in [0.717, 1.165) is 12.0 Å². The fourth-order valence-corrected chi connectivity index (χ4v) is 5.05. The average molecular weight is 487 g/mol. The Morgan fingerprint density at radius 3 is 2.31 bits per heavy atom. The summed E-state index contributed by atoms with van der Waals surface area (Å²) in [6.07, 6.45) is 1.82. The van der Waals surface area contributed by atoms with Gasteiger partial charge in [0.1, 0.15) is 12.1 Å². The lowest BCUT2D eigenvalue weighted by Gasteiger charge is -2.33. The largest absolute Gasteiger partial charge is 0.457 e. The van der Waals surface area contributed by atoms with Crippen molar-refractivity contribution in [3.05, 3.63) is 35.9 Å². The van der Waals surface area contributed by atoms with Crippen molar-refractivity contribution in [3.8, 4) is 0 Å². The van der Waals surface area contributed by atoms with Crippen LogP contribution in [-0.4, -0.2) is 48.3 Å². The zero-order valence-corrected chi connectivity index (χ0v) is 21.4. The molecule has 35 heavy (non-hydrogen) atoms. The molecule has 1 saturated heterocycles. The number of carbonyl (C=O) groups is 3. The summed E-state index contributed by atoms with van der Waals surface area (Å²) >= 11 is 0. The SMILES string of the molecule is CC(=O)NC1(C(N)=O)CC(CCB2OC(C)(C)C(C)(C)O2)CC1CNC(=O)OCc1ccccc1. The first-order chi connectivity index (χ1) is 16.3. The van der Waals surface area contributed by atoms with Gasteiger partial charge in [0.15, 0.2) is 0 Å². The average Bonchev–Trinajstić information content (AvgIpc) is 3.22. The topological polar surface area (TPSA) is 129 Å². The summed E-state index contributed by atoms with van der Waals surface area (Å²) in [5.74, 6) is -1.21. The molecule has 2 fully saturated rings. The summed E-state index contributed by atoms with van der Waals surface area (Å²) in [5, 5.41) is 5.55. The Kier molecular flexibility index (Phi) is 8.16. The Balaban J connectivity index is 1.61. The Labute approximate surface area is 208 Å². The molecular weight excluding hydrogens is 449 g/mol. The highest BCUT2D eigenvalue weighted by molar-refractivity contribution is 6.45. The molecule has 1 saturated carbocycles. The second-order valence-electron chi connectivity index (χ2n) is 10.7. The molecule has 1 heterocycles. The molecule has 0 spiro atoms. The minimum atomic E-state index is -1.24. The van der Waals surface area contributed by atoms with Crippen LogP contribution >= 0.6 is 0 Å². The third-order valence-corrected chi connectivity index (χ3v) is 7.58. The lowest BCUT2D eigenvalue weighted by atomic mass is 9.79. The van der Waals surface area contributed by atoms with Crippen molar-refractivity contribution in [3.63, 3.8) is 0 Å². The number of carbonyl (C=O) groups excluding carboxylic acids is 3. The van der Waals surface area contributed by atoms with E-state index in [4.69, 9.17) is 19.8 Å². The van der Waals surface area contributed by atoms with Gasteiger partial charge in [-0.05, 0) is 58.3 Å². The second kappa shape index (κ2) is 10.6. The first kappa shape index (κ1) is 27.0. The number of rotatable bonds is 9. The zero-order valence-electron chi connectivity index (χ0n) is 21.4. The molecule has 9 nitrogen and oxygen atoms in total. The molecule has 0 bridgehead atoms. The molecule has 1 aliphatic heterocycles. The van der Waals surface area contributed by atoms with Crippen molar-refractivity contribution in [2.24, 2.45) is 17.6 Å². The monoisotopic (exact) mass is 487 g/mol. The molecule has 0 aromatic heterocycles. The molecule has 1 aliphatic carbocycles. The van der Waals surface area contributed by atoms with Crippen LogP contribution in [0.2, 0.25) is 6.32 Å². The number of primary amides is 1. The lowest BCUT2D eigenvalue weighted by Crippen LogP contribution is -2.61. The van der Waals surface area contributed by atoms with Gasteiger partial charge < -0.3 is 30.4 Å². The highest BCUT2D eigenvalue weighted by Gasteiger charge is 2.54.